The standard InChI is InChI=1S/C16H21N7O3/c1-6-7(2)21-22(4)10(6)14-19-13(17)9-15(20-14)23(5-18-9)16-12(25)11(24)8(3)26-16/h5,8,11-12,16,24-25H,1-4H3,(H2,17,19,20). The van der Waals surface area contributed by atoms with Crippen LogP contribution in [0.4, 0.5) is 5.82 Å². The molecule has 0 bridgehead atoms. The Kier molecular flexibility index (Phi) is 3.72. The van der Waals surface area contributed by atoms with Crippen molar-refractivity contribution in [2.24, 2.45) is 7.05 Å². The lowest BCUT2D eigenvalue weighted by Gasteiger charge is -2.16. The number of imidazole rings is 1. The van der Waals surface area contributed by atoms with Crippen LogP contribution in [0.5, 0.6) is 0 Å². The Morgan fingerprint density at radius 1 is 1.19 bits per heavy atom. The molecule has 3 aromatic heterocycles. The third-order valence-corrected chi connectivity index (χ3v) is 4.93. The molecule has 10 heteroatoms. The fourth-order valence-corrected chi connectivity index (χ4v) is 3.36. The molecule has 1 saturated heterocycles. The van der Waals surface area contributed by atoms with Gasteiger partial charge in [-0.1, -0.05) is 0 Å². The molecule has 1 fully saturated rings. The smallest absolute Gasteiger partial charge is 0.182 e. The fraction of sp³-hybridized carbons (Fsp3) is 0.500. The maximum atomic E-state index is 10.3. The Bertz CT molecular complexity index is 996. The minimum atomic E-state index is -1.09. The van der Waals surface area contributed by atoms with Crippen molar-refractivity contribution >= 4 is 17.0 Å². The SMILES string of the molecule is Cc1nn(C)c(-c2nc(N)c3ncn(C4OC(C)C(O)C4O)c3n2)c1C. The number of hydrogen-bond acceptors (Lipinski definition) is 8. The van der Waals surface area contributed by atoms with Gasteiger partial charge >= 0.3 is 0 Å². The summed E-state index contributed by atoms with van der Waals surface area (Å²) < 4.78 is 8.96. The highest BCUT2D eigenvalue weighted by molar-refractivity contribution is 5.83. The van der Waals surface area contributed by atoms with Crippen molar-refractivity contribution < 1.29 is 14.9 Å². The molecule has 1 aliphatic heterocycles. The highest BCUT2D eigenvalue weighted by Crippen LogP contribution is 2.33. The number of rotatable bonds is 2. The van der Waals surface area contributed by atoms with E-state index >= 15 is 0 Å². The van der Waals surface area contributed by atoms with Gasteiger partial charge in [0.05, 0.1) is 18.1 Å². The number of ether oxygens (including phenoxy) is 1. The first-order valence-electron chi connectivity index (χ1n) is 8.31. The molecule has 0 radical (unpaired) electrons. The Hall–Kier alpha value is -2.56. The van der Waals surface area contributed by atoms with Gasteiger partial charge in [-0.05, 0) is 20.8 Å². The van der Waals surface area contributed by atoms with Crippen molar-refractivity contribution in [2.75, 3.05) is 5.73 Å². The quantitative estimate of drug-likeness (QED) is 0.584. The zero-order valence-electron chi connectivity index (χ0n) is 15.0. The lowest BCUT2D eigenvalue weighted by atomic mass is 10.1. The number of aryl methyl sites for hydroxylation is 2. The van der Waals surface area contributed by atoms with Gasteiger partial charge in [0.2, 0.25) is 0 Å². The van der Waals surface area contributed by atoms with E-state index in [0.29, 0.717) is 17.0 Å². The summed E-state index contributed by atoms with van der Waals surface area (Å²) in [6.45, 7) is 5.56. The van der Waals surface area contributed by atoms with Crippen LogP contribution in [0.2, 0.25) is 0 Å². The first kappa shape index (κ1) is 16.9. The zero-order chi connectivity index (χ0) is 18.7. The molecule has 1 aliphatic rings. The van der Waals surface area contributed by atoms with Gasteiger partial charge in [-0.15, -0.1) is 0 Å². The molecular formula is C16H21N7O3. The molecule has 26 heavy (non-hydrogen) atoms. The van der Waals surface area contributed by atoms with Crippen LogP contribution < -0.4 is 5.73 Å². The molecule has 0 amide bonds. The lowest BCUT2D eigenvalue weighted by molar-refractivity contribution is -0.0299. The zero-order valence-corrected chi connectivity index (χ0v) is 15.0. The molecule has 0 spiro atoms. The van der Waals surface area contributed by atoms with Crippen LogP contribution in [0.1, 0.15) is 24.4 Å². The highest BCUT2D eigenvalue weighted by atomic mass is 16.6. The Balaban J connectivity index is 1.89. The van der Waals surface area contributed by atoms with Crippen LogP contribution in [0.3, 0.4) is 0 Å². The highest BCUT2D eigenvalue weighted by Gasteiger charge is 2.42. The van der Waals surface area contributed by atoms with E-state index in [1.54, 1.807) is 16.2 Å². The van der Waals surface area contributed by atoms with E-state index in [9.17, 15) is 10.2 Å². The van der Waals surface area contributed by atoms with Gasteiger partial charge in [-0.2, -0.15) is 5.10 Å². The number of nitrogens with zero attached hydrogens (tertiary/aromatic N) is 6. The van der Waals surface area contributed by atoms with Gasteiger partial charge in [0, 0.05) is 12.6 Å². The van der Waals surface area contributed by atoms with E-state index in [-0.39, 0.29) is 5.82 Å². The van der Waals surface area contributed by atoms with Gasteiger partial charge < -0.3 is 20.7 Å². The molecule has 4 N–H and O–H groups in total. The summed E-state index contributed by atoms with van der Waals surface area (Å²) >= 11 is 0. The van der Waals surface area contributed by atoms with Crippen molar-refractivity contribution in [2.45, 2.75) is 45.3 Å². The van der Waals surface area contributed by atoms with Crippen LogP contribution in [0, 0.1) is 13.8 Å². The van der Waals surface area contributed by atoms with Crippen LogP contribution in [0.25, 0.3) is 22.7 Å². The summed E-state index contributed by atoms with van der Waals surface area (Å²) in [6, 6.07) is 0. The number of aromatic nitrogens is 6. The summed E-state index contributed by atoms with van der Waals surface area (Å²) in [4.78, 5) is 13.2. The van der Waals surface area contributed by atoms with Gasteiger partial charge in [0.15, 0.2) is 23.5 Å². The first-order chi connectivity index (χ1) is 12.3. The van der Waals surface area contributed by atoms with Crippen molar-refractivity contribution in [3.8, 4) is 11.5 Å². The Labute approximate surface area is 149 Å². The molecule has 4 unspecified atom stereocenters. The molecule has 0 saturated carbocycles. The van der Waals surface area contributed by atoms with E-state index in [2.05, 4.69) is 20.1 Å². The van der Waals surface area contributed by atoms with Gasteiger partial charge in [0.1, 0.15) is 23.4 Å². The van der Waals surface area contributed by atoms with Gasteiger partial charge in [-0.25, -0.2) is 15.0 Å². The number of hydrogen-bond donors (Lipinski definition) is 3. The van der Waals surface area contributed by atoms with E-state index in [1.165, 1.54) is 6.33 Å². The second-order valence-electron chi connectivity index (χ2n) is 6.65. The van der Waals surface area contributed by atoms with Crippen LogP contribution >= 0.6 is 0 Å². The second-order valence-corrected chi connectivity index (χ2v) is 6.65. The fourth-order valence-electron chi connectivity index (χ4n) is 3.36. The topological polar surface area (TPSA) is 137 Å². The van der Waals surface area contributed by atoms with Crippen molar-refractivity contribution in [3.63, 3.8) is 0 Å². The molecule has 4 rings (SSSR count). The van der Waals surface area contributed by atoms with E-state index in [0.717, 1.165) is 17.0 Å². The number of anilines is 1. The third kappa shape index (κ3) is 2.30. The first-order valence-corrected chi connectivity index (χ1v) is 8.31. The van der Waals surface area contributed by atoms with Crippen LogP contribution in [-0.2, 0) is 11.8 Å². The predicted molar refractivity (Wildman–Crippen MR) is 93.0 cm³/mol. The predicted octanol–water partition coefficient (Wildman–Crippen LogP) is 0.0649. The molecule has 138 valence electrons. The average Bonchev–Trinajstić information content (AvgIpc) is 3.19. The molecule has 4 atom stereocenters. The maximum absolute atomic E-state index is 10.3. The Morgan fingerprint density at radius 3 is 2.50 bits per heavy atom. The van der Waals surface area contributed by atoms with Gasteiger partial charge in [-0.3, -0.25) is 9.25 Å². The second kappa shape index (κ2) is 5.73. The number of aliphatic hydroxyl groups is 2. The molecule has 4 heterocycles. The van der Waals surface area contributed by atoms with Crippen molar-refractivity contribution in [1.29, 1.82) is 0 Å². The summed E-state index contributed by atoms with van der Waals surface area (Å²) in [5.41, 5.74) is 9.52. The van der Waals surface area contributed by atoms with Crippen molar-refractivity contribution in [1.82, 2.24) is 29.3 Å². The van der Waals surface area contributed by atoms with Crippen LogP contribution in [-0.4, -0.2) is 57.8 Å². The summed E-state index contributed by atoms with van der Waals surface area (Å²) in [5.74, 6) is 0.640. The van der Waals surface area contributed by atoms with Gasteiger partial charge in [0.25, 0.3) is 0 Å². The monoisotopic (exact) mass is 359 g/mol. The summed E-state index contributed by atoms with van der Waals surface area (Å²) in [6.07, 6.45) is -1.91. The van der Waals surface area contributed by atoms with E-state index in [4.69, 9.17) is 10.5 Å². The molecule has 10 nitrogen and oxygen atoms in total. The molecular weight excluding hydrogens is 338 g/mol. The minimum absolute atomic E-state index is 0.225. The van der Waals surface area contributed by atoms with Crippen molar-refractivity contribution in [3.05, 3.63) is 17.6 Å². The van der Waals surface area contributed by atoms with E-state index < -0.39 is 24.5 Å². The van der Waals surface area contributed by atoms with Crippen LogP contribution in [0.15, 0.2) is 6.33 Å². The lowest BCUT2D eigenvalue weighted by Crippen LogP contribution is -2.30. The molecule has 0 aromatic carbocycles. The molecule has 3 aromatic rings. The number of fused-ring (bicyclic) bond motifs is 1. The largest absolute Gasteiger partial charge is 0.388 e. The molecule has 0 aliphatic carbocycles. The summed E-state index contributed by atoms with van der Waals surface area (Å²) in [5, 5.41) is 24.7. The maximum Gasteiger partial charge on any atom is 0.182 e. The normalized spacial score (nSPS) is 26.1. The average molecular weight is 359 g/mol. The Morgan fingerprint density at radius 2 is 1.92 bits per heavy atom. The number of aliphatic hydroxyl groups excluding tert-OH is 2. The van der Waals surface area contributed by atoms with E-state index in [1.807, 2.05) is 20.9 Å². The minimum Gasteiger partial charge on any atom is -0.388 e. The number of nitrogen functional groups attached to an aromatic ring is 1. The summed E-state index contributed by atoms with van der Waals surface area (Å²) in [7, 11) is 1.82. The number of nitrogens with two attached hydrogens (primary N) is 1. The third-order valence-electron chi connectivity index (χ3n) is 4.93.